The van der Waals surface area contributed by atoms with Crippen molar-refractivity contribution in [2.24, 2.45) is 0 Å². The van der Waals surface area contributed by atoms with Gasteiger partial charge in [0, 0.05) is 19.3 Å². The number of H-pyrrole nitrogens is 2. The third-order valence-electron chi connectivity index (χ3n) is 4.48. The predicted molar refractivity (Wildman–Crippen MR) is 106 cm³/mol. The summed E-state index contributed by atoms with van der Waals surface area (Å²) in [6, 6.07) is 9.81. The Bertz CT molecular complexity index is 1030. The lowest BCUT2D eigenvalue weighted by atomic mass is 10.1. The molecule has 3 aromatic rings. The third kappa shape index (κ3) is 4.91. The lowest BCUT2D eigenvalue weighted by Gasteiger charge is -2.29. The Balaban J connectivity index is 0.000000271. The number of anilines is 1. The van der Waals surface area contributed by atoms with Gasteiger partial charge in [-0.2, -0.15) is 5.10 Å². The Morgan fingerprint density at radius 1 is 1.04 bits per heavy atom. The van der Waals surface area contributed by atoms with Crippen molar-refractivity contribution in [3.8, 4) is 11.3 Å². The molecule has 3 heterocycles. The Morgan fingerprint density at radius 3 is 2.36 bits per heavy atom. The number of aromatic nitrogens is 4. The molecule has 2 N–H and O–H groups in total. The van der Waals surface area contributed by atoms with E-state index in [1.54, 1.807) is 18.2 Å². The maximum atomic E-state index is 11.9. The van der Waals surface area contributed by atoms with Crippen molar-refractivity contribution in [1.29, 1.82) is 0 Å². The van der Waals surface area contributed by atoms with Gasteiger partial charge in [-0.25, -0.2) is 9.18 Å². The summed E-state index contributed by atoms with van der Waals surface area (Å²) in [5.74, 6) is -0.178. The first-order valence-electron chi connectivity index (χ1n) is 9.17. The second-order valence-electron chi connectivity index (χ2n) is 6.53. The first kappa shape index (κ1) is 19.5. The van der Waals surface area contributed by atoms with Crippen LogP contribution in [-0.2, 0) is 0 Å². The summed E-state index contributed by atoms with van der Waals surface area (Å²) < 4.78 is 11.9. The van der Waals surface area contributed by atoms with Gasteiger partial charge in [-0.15, -0.1) is 5.10 Å². The number of rotatable bonds is 2. The van der Waals surface area contributed by atoms with Crippen LogP contribution in [0.4, 0.5) is 10.1 Å². The summed E-state index contributed by atoms with van der Waals surface area (Å²) >= 11 is 0. The van der Waals surface area contributed by atoms with Crippen LogP contribution in [-0.4, -0.2) is 33.3 Å². The highest BCUT2D eigenvalue weighted by Gasteiger charge is 2.16. The highest BCUT2D eigenvalue weighted by molar-refractivity contribution is 5.64. The largest absolute Gasteiger partial charge is 0.370 e. The zero-order chi connectivity index (χ0) is 19.9. The number of hydrogen-bond acceptors (Lipinski definition) is 5. The van der Waals surface area contributed by atoms with Gasteiger partial charge in [0.15, 0.2) is 0 Å². The standard InChI is InChI=1S/C14H17N5O2.C6H5F/c1-9-12(19-5-3-2-4-6-19)7-11(18-17-9)10-8-15-14(21)16-13(10)20;7-6-4-2-1-3-5-6/h7-8H,2-6H2,1H3,(H2,15,16,20,21);1-5H. The van der Waals surface area contributed by atoms with E-state index in [4.69, 9.17) is 0 Å². The summed E-state index contributed by atoms with van der Waals surface area (Å²) in [7, 11) is 0. The monoisotopic (exact) mass is 383 g/mol. The predicted octanol–water partition coefficient (Wildman–Crippen LogP) is 2.64. The van der Waals surface area contributed by atoms with Gasteiger partial charge < -0.3 is 9.88 Å². The van der Waals surface area contributed by atoms with Crippen LogP contribution in [0.1, 0.15) is 25.0 Å². The molecule has 7 nitrogen and oxygen atoms in total. The van der Waals surface area contributed by atoms with Gasteiger partial charge in [-0.1, -0.05) is 18.2 Å². The summed E-state index contributed by atoms with van der Waals surface area (Å²) in [6.07, 6.45) is 4.95. The van der Waals surface area contributed by atoms with E-state index in [0.717, 1.165) is 37.3 Å². The van der Waals surface area contributed by atoms with E-state index in [0.29, 0.717) is 11.3 Å². The summed E-state index contributed by atoms with van der Waals surface area (Å²) in [6.45, 7) is 3.90. The maximum absolute atomic E-state index is 11.9. The van der Waals surface area contributed by atoms with Crippen molar-refractivity contribution in [3.05, 3.63) is 74.9 Å². The normalized spacial score (nSPS) is 13.6. The van der Waals surface area contributed by atoms with E-state index < -0.39 is 11.2 Å². The number of hydrogen-bond donors (Lipinski definition) is 2. The lowest BCUT2D eigenvalue weighted by molar-refractivity contribution is 0.575. The van der Waals surface area contributed by atoms with Gasteiger partial charge in [0.1, 0.15) is 11.5 Å². The zero-order valence-electron chi connectivity index (χ0n) is 15.6. The van der Waals surface area contributed by atoms with E-state index in [9.17, 15) is 14.0 Å². The van der Waals surface area contributed by atoms with Crippen molar-refractivity contribution >= 4 is 5.69 Å². The van der Waals surface area contributed by atoms with E-state index in [-0.39, 0.29) is 5.82 Å². The Hall–Kier alpha value is -3.29. The van der Waals surface area contributed by atoms with Crippen molar-refractivity contribution in [1.82, 2.24) is 20.2 Å². The highest BCUT2D eigenvalue weighted by Crippen LogP contribution is 2.25. The Labute approximate surface area is 161 Å². The molecule has 4 rings (SSSR count). The minimum absolute atomic E-state index is 0.178. The van der Waals surface area contributed by atoms with Crippen LogP contribution in [0.3, 0.4) is 0 Å². The summed E-state index contributed by atoms with van der Waals surface area (Å²) in [5.41, 5.74) is 1.66. The Kier molecular flexibility index (Phi) is 6.31. The second-order valence-corrected chi connectivity index (χ2v) is 6.53. The van der Waals surface area contributed by atoms with Crippen molar-refractivity contribution < 1.29 is 4.39 Å². The zero-order valence-corrected chi connectivity index (χ0v) is 15.6. The average molecular weight is 383 g/mol. The number of piperidine rings is 1. The highest BCUT2D eigenvalue weighted by atomic mass is 19.1. The molecule has 28 heavy (non-hydrogen) atoms. The fourth-order valence-electron chi connectivity index (χ4n) is 3.04. The van der Waals surface area contributed by atoms with Gasteiger partial charge in [0.05, 0.1) is 16.9 Å². The fraction of sp³-hybridized carbons (Fsp3) is 0.300. The molecule has 0 radical (unpaired) electrons. The number of nitrogens with zero attached hydrogens (tertiary/aromatic N) is 3. The van der Waals surface area contributed by atoms with E-state index in [1.165, 1.54) is 24.8 Å². The molecule has 0 atom stereocenters. The van der Waals surface area contributed by atoms with E-state index >= 15 is 0 Å². The fourth-order valence-corrected chi connectivity index (χ4v) is 3.04. The Morgan fingerprint density at radius 2 is 1.75 bits per heavy atom. The van der Waals surface area contributed by atoms with Crippen LogP contribution in [0.5, 0.6) is 0 Å². The van der Waals surface area contributed by atoms with Gasteiger partial charge in [0.25, 0.3) is 5.56 Å². The first-order chi connectivity index (χ1) is 13.5. The van der Waals surface area contributed by atoms with E-state index in [2.05, 4.69) is 25.1 Å². The molecule has 0 spiro atoms. The molecular formula is C20H22FN5O2. The molecule has 0 saturated carbocycles. The van der Waals surface area contributed by atoms with Crippen molar-refractivity contribution in [3.63, 3.8) is 0 Å². The molecule has 0 amide bonds. The van der Waals surface area contributed by atoms with Crippen LogP contribution >= 0.6 is 0 Å². The SMILES string of the molecule is Cc1nnc(-c2c[nH]c(=O)[nH]c2=O)cc1N1CCCCC1.Fc1ccccc1. The van der Waals surface area contributed by atoms with Gasteiger partial charge in [0.2, 0.25) is 0 Å². The van der Waals surface area contributed by atoms with Crippen molar-refractivity contribution in [2.45, 2.75) is 26.2 Å². The minimum Gasteiger partial charge on any atom is -0.370 e. The molecule has 146 valence electrons. The summed E-state index contributed by atoms with van der Waals surface area (Å²) in [4.78, 5) is 29.9. The maximum Gasteiger partial charge on any atom is 0.325 e. The number of nitrogens with one attached hydrogen (secondary N) is 2. The van der Waals surface area contributed by atoms with Crippen molar-refractivity contribution in [2.75, 3.05) is 18.0 Å². The number of benzene rings is 1. The van der Waals surface area contributed by atoms with E-state index in [1.807, 2.05) is 13.0 Å². The topological polar surface area (TPSA) is 94.7 Å². The van der Waals surface area contributed by atoms with Gasteiger partial charge in [-0.3, -0.25) is 9.78 Å². The molecule has 0 unspecified atom stereocenters. The van der Waals surface area contributed by atoms with Crippen LogP contribution in [0, 0.1) is 12.7 Å². The first-order valence-corrected chi connectivity index (χ1v) is 9.17. The molecule has 1 saturated heterocycles. The molecule has 1 aliphatic heterocycles. The van der Waals surface area contributed by atoms with Gasteiger partial charge >= 0.3 is 5.69 Å². The quantitative estimate of drug-likeness (QED) is 0.709. The number of aryl methyl sites for hydroxylation is 1. The average Bonchev–Trinajstić information content (AvgIpc) is 2.70. The van der Waals surface area contributed by atoms with Gasteiger partial charge in [-0.05, 0) is 44.4 Å². The molecule has 1 fully saturated rings. The smallest absolute Gasteiger partial charge is 0.325 e. The third-order valence-corrected chi connectivity index (χ3v) is 4.48. The molecule has 2 aromatic heterocycles. The number of halogens is 1. The molecular weight excluding hydrogens is 361 g/mol. The molecule has 8 heteroatoms. The van der Waals surface area contributed by atoms with Crippen LogP contribution in [0.2, 0.25) is 0 Å². The second kappa shape index (κ2) is 9.07. The summed E-state index contributed by atoms with van der Waals surface area (Å²) in [5, 5.41) is 8.23. The van der Waals surface area contributed by atoms with Crippen LogP contribution < -0.4 is 16.1 Å². The lowest BCUT2D eigenvalue weighted by Crippen LogP contribution is -2.30. The van der Waals surface area contributed by atoms with Crippen LogP contribution in [0.15, 0.2) is 52.2 Å². The molecule has 1 aromatic carbocycles. The molecule has 0 aliphatic carbocycles. The molecule has 0 bridgehead atoms. The van der Waals surface area contributed by atoms with Crippen LogP contribution in [0.25, 0.3) is 11.3 Å². The molecule has 1 aliphatic rings. The number of aromatic amines is 2. The minimum atomic E-state index is -0.528.